The van der Waals surface area contributed by atoms with E-state index in [0.717, 1.165) is 5.46 Å². The Morgan fingerprint density at radius 3 is 2.72 bits per heavy atom. The molecule has 0 fully saturated rings. The van der Waals surface area contributed by atoms with Gasteiger partial charge in [0.25, 0.3) is 0 Å². The smallest absolute Gasteiger partial charge is 0.332 e. The van der Waals surface area contributed by atoms with Gasteiger partial charge in [-0.25, -0.2) is 4.98 Å². The van der Waals surface area contributed by atoms with Crippen LogP contribution in [0.1, 0.15) is 34.6 Å². The Morgan fingerprint density at radius 1 is 1.50 bits per heavy atom. The number of hydrogen-bond donors (Lipinski definition) is 1. The van der Waals surface area contributed by atoms with E-state index in [0.29, 0.717) is 18.2 Å². The van der Waals surface area contributed by atoms with Crippen molar-refractivity contribution in [3.63, 3.8) is 0 Å². The molecule has 0 atom stereocenters. The molecule has 1 aromatic rings. The van der Waals surface area contributed by atoms with Crippen molar-refractivity contribution in [2.24, 2.45) is 5.92 Å². The minimum Gasteiger partial charge on any atom is -0.429 e. The van der Waals surface area contributed by atoms with E-state index in [1.807, 2.05) is 20.8 Å². The summed E-state index contributed by atoms with van der Waals surface area (Å²) < 4.78 is 19.1. The van der Waals surface area contributed by atoms with Gasteiger partial charge in [0.1, 0.15) is 0 Å². The van der Waals surface area contributed by atoms with Gasteiger partial charge in [0, 0.05) is 18.3 Å². The third-order valence-electron chi connectivity index (χ3n) is 3.12. The number of halogens is 1. The van der Waals surface area contributed by atoms with Crippen LogP contribution in [0.3, 0.4) is 0 Å². The average molecular weight is 251 g/mol. The molecule has 0 saturated carbocycles. The molecule has 1 radical (unpaired) electrons. The van der Waals surface area contributed by atoms with E-state index >= 15 is 0 Å². The summed E-state index contributed by atoms with van der Waals surface area (Å²) in [4.78, 5) is 3.70. The molecule has 1 aromatic heterocycles. The van der Waals surface area contributed by atoms with Crippen molar-refractivity contribution in [2.45, 2.75) is 40.2 Å². The highest BCUT2D eigenvalue weighted by Gasteiger charge is 2.23. The molecule has 0 unspecified atom stereocenters. The Hall–Kier alpha value is -1.10. The molecule has 0 aliphatic carbocycles. The predicted octanol–water partition coefficient (Wildman–Crippen LogP) is 2.35. The maximum absolute atomic E-state index is 13.3. The first-order valence-corrected chi connectivity index (χ1v) is 6.27. The quantitative estimate of drug-likeness (QED) is 0.622. The van der Waals surface area contributed by atoms with Crippen LogP contribution >= 0.6 is 0 Å². The first-order chi connectivity index (χ1) is 8.36. The summed E-state index contributed by atoms with van der Waals surface area (Å²) in [6.07, 6.45) is 1.46. The molecule has 1 rings (SSSR count). The Bertz CT molecular complexity index is 397. The summed E-state index contributed by atoms with van der Waals surface area (Å²) in [6.45, 7) is 10.8. The first kappa shape index (κ1) is 15.0. The van der Waals surface area contributed by atoms with E-state index < -0.39 is 5.95 Å². The summed E-state index contributed by atoms with van der Waals surface area (Å²) in [7, 11) is 1.63. The van der Waals surface area contributed by atoms with Crippen molar-refractivity contribution in [3.05, 3.63) is 18.2 Å². The number of nitrogens with zero attached hydrogens (tertiary/aromatic N) is 1. The molecule has 1 heterocycles. The van der Waals surface area contributed by atoms with Gasteiger partial charge >= 0.3 is 7.48 Å². The number of anilines is 1. The highest BCUT2D eigenvalue weighted by atomic mass is 19.1. The fourth-order valence-corrected chi connectivity index (χ4v) is 1.20. The predicted molar refractivity (Wildman–Crippen MR) is 73.7 cm³/mol. The van der Waals surface area contributed by atoms with Crippen molar-refractivity contribution in [2.75, 3.05) is 11.9 Å². The fourth-order valence-electron chi connectivity index (χ4n) is 1.20. The Balaban J connectivity index is 2.71. The Morgan fingerprint density at radius 2 is 2.17 bits per heavy atom. The lowest BCUT2D eigenvalue weighted by molar-refractivity contribution is 0.0668. The SMILES string of the molecule is CCNc1cc([B]OC(C)(C)C(C)C)cnc1F. The number of hydrogen-bond acceptors (Lipinski definition) is 3. The summed E-state index contributed by atoms with van der Waals surface area (Å²) in [5.74, 6) is -0.104. The maximum atomic E-state index is 13.3. The van der Waals surface area contributed by atoms with Crippen LogP contribution in [-0.4, -0.2) is 24.6 Å². The molecule has 3 nitrogen and oxygen atoms in total. The van der Waals surface area contributed by atoms with Crippen molar-refractivity contribution in [1.29, 1.82) is 0 Å². The molecular weight excluding hydrogens is 230 g/mol. The lowest BCUT2D eigenvalue weighted by Crippen LogP contribution is -2.36. The van der Waals surface area contributed by atoms with Crippen LogP contribution in [0.2, 0.25) is 0 Å². The van der Waals surface area contributed by atoms with Crippen molar-refractivity contribution in [1.82, 2.24) is 4.98 Å². The van der Waals surface area contributed by atoms with E-state index in [1.54, 1.807) is 13.5 Å². The second kappa shape index (κ2) is 6.18. The van der Waals surface area contributed by atoms with Crippen LogP contribution in [0.25, 0.3) is 0 Å². The van der Waals surface area contributed by atoms with Gasteiger partial charge in [-0.15, -0.1) is 0 Å². The minimum atomic E-state index is -0.489. The summed E-state index contributed by atoms with van der Waals surface area (Å²) >= 11 is 0. The molecule has 0 amide bonds. The van der Waals surface area contributed by atoms with Crippen LogP contribution < -0.4 is 10.8 Å². The van der Waals surface area contributed by atoms with Crippen molar-refractivity contribution >= 4 is 18.6 Å². The lowest BCUT2D eigenvalue weighted by Gasteiger charge is -2.30. The number of pyridine rings is 1. The van der Waals surface area contributed by atoms with Crippen LogP contribution in [0.15, 0.2) is 12.3 Å². The molecule has 5 heteroatoms. The van der Waals surface area contributed by atoms with Crippen LogP contribution in [0.4, 0.5) is 10.1 Å². The molecule has 0 aromatic carbocycles. The molecule has 18 heavy (non-hydrogen) atoms. The van der Waals surface area contributed by atoms with Gasteiger partial charge in [0.15, 0.2) is 0 Å². The molecule has 0 saturated heterocycles. The molecule has 1 N–H and O–H groups in total. The molecule has 0 aliphatic rings. The molecule has 99 valence electrons. The molecule has 0 aliphatic heterocycles. The van der Waals surface area contributed by atoms with E-state index in [4.69, 9.17) is 4.65 Å². The van der Waals surface area contributed by atoms with Crippen LogP contribution in [0.5, 0.6) is 0 Å². The monoisotopic (exact) mass is 251 g/mol. The average Bonchev–Trinajstić information content (AvgIpc) is 2.30. The molecular formula is C13H21BFN2O. The van der Waals surface area contributed by atoms with E-state index in [9.17, 15) is 4.39 Å². The molecule has 0 spiro atoms. The van der Waals surface area contributed by atoms with E-state index in [1.165, 1.54) is 6.20 Å². The Labute approximate surface area is 109 Å². The van der Waals surface area contributed by atoms with Crippen molar-refractivity contribution in [3.8, 4) is 0 Å². The van der Waals surface area contributed by atoms with E-state index in [2.05, 4.69) is 24.1 Å². The standard InChI is InChI=1S/C13H21BFN2O/c1-6-16-11-7-10(8-17-12(11)15)14-18-13(4,5)9(2)3/h7-9,16H,6H2,1-5H3. The van der Waals surface area contributed by atoms with Gasteiger partial charge in [-0.3, -0.25) is 0 Å². The second-order valence-electron chi connectivity index (χ2n) is 5.13. The zero-order valence-electron chi connectivity index (χ0n) is 11.7. The lowest BCUT2D eigenvalue weighted by atomic mass is 9.85. The number of rotatable bonds is 6. The summed E-state index contributed by atoms with van der Waals surface area (Å²) in [5.41, 5.74) is 0.894. The van der Waals surface area contributed by atoms with Crippen LogP contribution in [-0.2, 0) is 4.65 Å². The number of nitrogens with one attached hydrogen (secondary N) is 1. The zero-order chi connectivity index (χ0) is 13.8. The fraction of sp³-hybridized carbons (Fsp3) is 0.615. The second-order valence-corrected chi connectivity index (χ2v) is 5.13. The molecule has 0 bridgehead atoms. The normalized spacial score (nSPS) is 11.7. The third-order valence-corrected chi connectivity index (χ3v) is 3.12. The van der Waals surface area contributed by atoms with Gasteiger partial charge in [-0.2, -0.15) is 4.39 Å². The van der Waals surface area contributed by atoms with Crippen molar-refractivity contribution < 1.29 is 9.04 Å². The van der Waals surface area contributed by atoms with Crippen LogP contribution in [0, 0.1) is 11.9 Å². The first-order valence-electron chi connectivity index (χ1n) is 6.27. The minimum absolute atomic E-state index is 0.257. The Kier molecular flexibility index (Phi) is 5.14. The number of aromatic nitrogens is 1. The third kappa shape index (κ3) is 3.98. The van der Waals surface area contributed by atoms with Gasteiger partial charge in [-0.05, 0) is 38.2 Å². The highest BCUT2D eigenvalue weighted by molar-refractivity contribution is 6.47. The van der Waals surface area contributed by atoms with E-state index in [-0.39, 0.29) is 5.60 Å². The summed E-state index contributed by atoms with van der Waals surface area (Å²) in [5, 5.41) is 2.92. The van der Waals surface area contributed by atoms with Gasteiger partial charge in [-0.1, -0.05) is 13.8 Å². The highest BCUT2D eigenvalue weighted by Crippen LogP contribution is 2.19. The van der Waals surface area contributed by atoms with Gasteiger partial charge < -0.3 is 9.97 Å². The largest absolute Gasteiger partial charge is 0.429 e. The zero-order valence-corrected chi connectivity index (χ0v) is 11.7. The van der Waals surface area contributed by atoms with Gasteiger partial charge in [0.2, 0.25) is 5.95 Å². The maximum Gasteiger partial charge on any atom is 0.332 e. The van der Waals surface area contributed by atoms with Gasteiger partial charge in [0.05, 0.1) is 5.69 Å². The summed E-state index contributed by atoms with van der Waals surface area (Å²) in [6, 6.07) is 1.70. The topological polar surface area (TPSA) is 34.1 Å².